The summed E-state index contributed by atoms with van der Waals surface area (Å²) in [6.45, 7) is 6.40. The van der Waals surface area contributed by atoms with Crippen LogP contribution in [0.4, 0.5) is 5.69 Å². The molecule has 3 nitrogen and oxygen atoms in total. The Hall–Kier alpha value is -2.42. The van der Waals surface area contributed by atoms with Crippen LogP contribution >= 0.6 is 0 Å². The molecule has 0 saturated heterocycles. The van der Waals surface area contributed by atoms with E-state index in [-0.39, 0.29) is 0 Å². The van der Waals surface area contributed by atoms with Gasteiger partial charge in [-0.25, -0.2) is 4.98 Å². The molecule has 0 fully saturated rings. The molecule has 4 rings (SSSR count). The summed E-state index contributed by atoms with van der Waals surface area (Å²) in [5.74, 6) is 1.46. The third-order valence-electron chi connectivity index (χ3n) is 4.22. The molecule has 0 amide bonds. The predicted octanol–water partition coefficient (Wildman–Crippen LogP) is 5.00. The van der Waals surface area contributed by atoms with Crippen LogP contribution in [0.1, 0.15) is 38.1 Å². The molecule has 1 aliphatic heterocycles. The Morgan fingerprint density at radius 3 is 2.64 bits per heavy atom. The summed E-state index contributed by atoms with van der Waals surface area (Å²) in [4.78, 5) is 12.6. The lowest BCUT2D eigenvalue weighted by Crippen LogP contribution is -1.89. The van der Waals surface area contributed by atoms with Gasteiger partial charge in [0, 0.05) is 18.1 Å². The maximum atomic E-state index is 4.64. The predicted molar refractivity (Wildman–Crippen MR) is 92.1 cm³/mol. The Balaban J connectivity index is 1.77. The van der Waals surface area contributed by atoms with Gasteiger partial charge in [-0.2, -0.15) is 0 Å². The van der Waals surface area contributed by atoms with Crippen LogP contribution in [0.3, 0.4) is 0 Å². The number of rotatable bonds is 2. The number of hydrogen-bond acceptors (Lipinski definition) is 2. The molecule has 1 aliphatic rings. The number of H-pyrrole nitrogens is 1. The molecule has 1 N–H and O–H groups in total. The maximum absolute atomic E-state index is 4.64. The van der Waals surface area contributed by atoms with Gasteiger partial charge in [-0.05, 0) is 47.9 Å². The van der Waals surface area contributed by atoms with Crippen molar-refractivity contribution in [2.24, 2.45) is 4.99 Å². The van der Waals surface area contributed by atoms with Crippen molar-refractivity contribution in [1.29, 1.82) is 0 Å². The molecule has 0 atom stereocenters. The summed E-state index contributed by atoms with van der Waals surface area (Å²) < 4.78 is 0. The SMILES string of the molecule is CC1=Nc2ccc(-c3ccc4nc(C(C)C)[nH]c4c3)cc2C1. The fraction of sp³-hybridized carbons (Fsp3) is 0.263. The van der Waals surface area contributed by atoms with Crippen LogP contribution < -0.4 is 0 Å². The highest BCUT2D eigenvalue weighted by Gasteiger charge is 2.13. The lowest BCUT2D eigenvalue weighted by atomic mass is 10.0. The van der Waals surface area contributed by atoms with E-state index in [2.05, 4.69) is 72.1 Å². The van der Waals surface area contributed by atoms with E-state index in [1.807, 2.05) is 0 Å². The molecule has 0 radical (unpaired) electrons. The highest BCUT2D eigenvalue weighted by molar-refractivity contribution is 5.93. The number of imidazole rings is 1. The third kappa shape index (κ3) is 2.13. The molecule has 110 valence electrons. The van der Waals surface area contributed by atoms with E-state index in [0.29, 0.717) is 5.92 Å². The van der Waals surface area contributed by atoms with Crippen LogP contribution in [0.5, 0.6) is 0 Å². The fourth-order valence-electron chi connectivity index (χ4n) is 3.02. The monoisotopic (exact) mass is 289 g/mol. The minimum absolute atomic E-state index is 0.413. The Morgan fingerprint density at radius 2 is 1.82 bits per heavy atom. The molecule has 0 spiro atoms. The first-order valence-corrected chi connectivity index (χ1v) is 7.77. The van der Waals surface area contributed by atoms with Crippen LogP contribution in [0.25, 0.3) is 22.2 Å². The van der Waals surface area contributed by atoms with E-state index in [9.17, 15) is 0 Å². The Morgan fingerprint density at radius 1 is 1.05 bits per heavy atom. The molecule has 0 saturated carbocycles. The smallest absolute Gasteiger partial charge is 0.109 e. The maximum Gasteiger partial charge on any atom is 0.109 e. The van der Waals surface area contributed by atoms with Crippen molar-refractivity contribution in [3.8, 4) is 11.1 Å². The van der Waals surface area contributed by atoms with E-state index in [1.165, 1.54) is 22.4 Å². The van der Waals surface area contributed by atoms with E-state index >= 15 is 0 Å². The molecule has 2 aromatic carbocycles. The van der Waals surface area contributed by atoms with Gasteiger partial charge in [0.05, 0.1) is 16.7 Å². The van der Waals surface area contributed by atoms with Gasteiger partial charge >= 0.3 is 0 Å². The first kappa shape index (κ1) is 13.3. The largest absolute Gasteiger partial charge is 0.342 e. The van der Waals surface area contributed by atoms with Crippen molar-refractivity contribution in [3.05, 3.63) is 47.8 Å². The van der Waals surface area contributed by atoms with E-state index in [4.69, 9.17) is 0 Å². The second kappa shape index (κ2) is 4.80. The molecule has 0 bridgehead atoms. The zero-order valence-corrected chi connectivity index (χ0v) is 13.1. The number of aliphatic imine (C=N–C) groups is 1. The van der Waals surface area contributed by atoms with Crippen molar-refractivity contribution in [3.63, 3.8) is 0 Å². The summed E-state index contributed by atoms with van der Waals surface area (Å²) in [6.07, 6.45) is 0.965. The third-order valence-corrected chi connectivity index (χ3v) is 4.22. The molecule has 1 aromatic heterocycles. The van der Waals surface area contributed by atoms with Crippen molar-refractivity contribution in [1.82, 2.24) is 9.97 Å². The quantitative estimate of drug-likeness (QED) is 0.708. The number of hydrogen-bond donors (Lipinski definition) is 1. The van der Waals surface area contributed by atoms with Crippen LogP contribution in [0.2, 0.25) is 0 Å². The van der Waals surface area contributed by atoms with Crippen LogP contribution in [-0.2, 0) is 6.42 Å². The van der Waals surface area contributed by atoms with Gasteiger partial charge in [0.25, 0.3) is 0 Å². The number of nitrogens with zero attached hydrogens (tertiary/aromatic N) is 2. The van der Waals surface area contributed by atoms with Gasteiger partial charge in [-0.3, -0.25) is 4.99 Å². The molecule has 3 heteroatoms. The molecule has 0 aliphatic carbocycles. The molecule has 2 heterocycles. The summed E-state index contributed by atoms with van der Waals surface area (Å²) in [6, 6.07) is 13.0. The van der Waals surface area contributed by atoms with Gasteiger partial charge in [-0.15, -0.1) is 0 Å². The number of aromatic amines is 1. The van der Waals surface area contributed by atoms with Crippen LogP contribution in [0.15, 0.2) is 41.4 Å². The fourth-order valence-corrected chi connectivity index (χ4v) is 3.02. The molecule has 0 unspecified atom stereocenters. The average molecular weight is 289 g/mol. The molecule has 22 heavy (non-hydrogen) atoms. The zero-order valence-electron chi connectivity index (χ0n) is 13.1. The highest BCUT2D eigenvalue weighted by Crippen LogP contribution is 2.32. The minimum Gasteiger partial charge on any atom is -0.342 e. The lowest BCUT2D eigenvalue weighted by molar-refractivity contribution is 0.799. The normalized spacial score (nSPS) is 13.7. The van der Waals surface area contributed by atoms with Crippen molar-refractivity contribution in [2.75, 3.05) is 0 Å². The number of nitrogens with one attached hydrogen (secondary N) is 1. The highest BCUT2D eigenvalue weighted by atomic mass is 14.9. The topological polar surface area (TPSA) is 41.0 Å². The molecule has 3 aromatic rings. The molecular weight excluding hydrogens is 270 g/mol. The summed E-state index contributed by atoms with van der Waals surface area (Å²) in [5, 5.41) is 0. The van der Waals surface area contributed by atoms with E-state index in [0.717, 1.165) is 29.0 Å². The zero-order chi connectivity index (χ0) is 15.3. The Kier molecular flexibility index (Phi) is 2.89. The second-order valence-corrected chi connectivity index (χ2v) is 6.38. The Labute approximate surface area is 130 Å². The minimum atomic E-state index is 0.413. The van der Waals surface area contributed by atoms with Gasteiger partial charge in [0.15, 0.2) is 0 Å². The standard InChI is InChI=1S/C19H19N3/c1-11(2)19-21-17-7-5-14(10-18(17)22-19)13-4-6-16-15(9-13)8-12(3)20-16/h4-7,9-11H,8H2,1-3H3,(H,21,22). The first-order chi connectivity index (χ1) is 10.6. The van der Waals surface area contributed by atoms with Gasteiger partial charge in [0.2, 0.25) is 0 Å². The first-order valence-electron chi connectivity index (χ1n) is 7.77. The molecular formula is C19H19N3. The number of fused-ring (bicyclic) bond motifs is 2. The van der Waals surface area contributed by atoms with E-state index < -0.39 is 0 Å². The van der Waals surface area contributed by atoms with Gasteiger partial charge < -0.3 is 4.98 Å². The van der Waals surface area contributed by atoms with Crippen molar-refractivity contribution < 1.29 is 0 Å². The Bertz CT molecular complexity index is 900. The van der Waals surface area contributed by atoms with Gasteiger partial charge in [0.1, 0.15) is 5.82 Å². The second-order valence-electron chi connectivity index (χ2n) is 6.38. The van der Waals surface area contributed by atoms with Crippen molar-refractivity contribution >= 4 is 22.4 Å². The van der Waals surface area contributed by atoms with Crippen LogP contribution in [-0.4, -0.2) is 15.7 Å². The lowest BCUT2D eigenvalue weighted by Gasteiger charge is -2.04. The van der Waals surface area contributed by atoms with E-state index in [1.54, 1.807) is 0 Å². The van der Waals surface area contributed by atoms with Crippen molar-refractivity contribution in [2.45, 2.75) is 33.1 Å². The summed E-state index contributed by atoms with van der Waals surface area (Å²) in [5.41, 5.74) is 8.23. The summed E-state index contributed by atoms with van der Waals surface area (Å²) >= 11 is 0. The average Bonchev–Trinajstić information content (AvgIpc) is 3.07. The van der Waals surface area contributed by atoms with Gasteiger partial charge in [-0.1, -0.05) is 26.0 Å². The summed E-state index contributed by atoms with van der Waals surface area (Å²) in [7, 11) is 0. The number of aromatic nitrogens is 2. The number of benzene rings is 2. The van der Waals surface area contributed by atoms with Crippen LogP contribution in [0, 0.1) is 0 Å².